The number of hydrogen-bond acceptors (Lipinski definition) is 12. The molecule has 248 valence electrons. The van der Waals surface area contributed by atoms with Gasteiger partial charge in [0.2, 0.25) is 0 Å². The summed E-state index contributed by atoms with van der Waals surface area (Å²) < 4.78 is 33.8. The molecule has 0 radical (unpaired) electrons. The molecule has 12 nitrogen and oxygen atoms in total. The lowest BCUT2D eigenvalue weighted by atomic mass is 9.88. The van der Waals surface area contributed by atoms with E-state index in [0.29, 0.717) is 76.8 Å². The Labute approximate surface area is 257 Å². The van der Waals surface area contributed by atoms with E-state index in [1.807, 2.05) is 0 Å². The summed E-state index contributed by atoms with van der Waals surface area (Å²) in [6.45, 7) is 16.7. The van der Waals surface area contributed by atoms with Crippen molar-refractivity contribution in [2.45, 2.75) is 77.9 Å². The van der Waals surface area contributed by atoms with Crippen LogP contribution >= 0.6 is 0 Å². The second kappa shape index (κ2) is 18.9. The van der Waals surface area contributed by atoms with Crippen LogP contribution in [0.1, 0.15) is 59.8 Å². The maximum absolute atomic E-state index is 12.0. The number of carbonyl (C=O) groups is 3. The van der Waals surface area contributed by atoms with E-state index in [4.69, 9.17) is 28.4 Å². The summed E-state index contributed by atoms with van der Waals surface area (Å²) >= 11 is 0. The van der Waals surface area contributed by atoms with E-state index in [-0.39, 0.29) is 44.3 Å². The number of rotatable bonds is 26. The molecule has 6 unspecified atom stereocenters. The molecular weight excluding hydrogens is 558 g/mol. The molecule has 0 aromatic carbocycles. The monoisotopic (exact) mass is 613 g/mol. The molecule has 0 aromatic rings. The Hall–Kier alpha value is -1.83. The number of ether oxygens (including phenoxy) is 6. The fourth-order valence-electron chi connectivity index (χ4n) is 4.81. The zero-order valence-corrected chi connectivity index (χ0v) is 26.9. The molecule has 0 saturated carbocycles. The highest BCUT2D eigenvalue weighted by Gasteiger charge is 2.32. The summed E-state index contributed by atoms with van der Waals surface area (Å²) in [4.78, 5) is 42.5. The molecule has 0 amide bonds. The van der Waals surface area contributed by atoms with Crippen LogP contribution in [0, 0.1) is 5.41 Å². The van der Waals surface area contributed by atoms with Crippen molar-refractivity contribution < 1.29 is 42.8 Å². The van der Waals surface area contributed by atoms with Crippen LogP contribution in [-0.2, 0) is 42.8 Å². The molecule has 3 rings (SSSR count). The lowest BCUT2D eigenvalue weighted by Gasteiger charge is -2.32. The van der Waals surface area contributed by atoms with E-state index < -0.39 is 5.41 Å². The normalized spacial score (nSPS) is 26.8. The standard InChI is InChI=1S/C31H55N3O9/c1-5-31(23-39-15-17-42-29(36)8-11-33-20-26(33)3,24-40-16-18-43-30(37)9-12-34-21-27(34)4)22-38-13-6-14-41-28(35)7-10-32-19-25(32)2/h25-27H,5-24H2,1-4H3. The van der Waals surface area contributed by atoms with Crippen molar-refractivity contribution in [2.75, 3.05) is 98.7 Å². The van der Waals surface area contributed by atoms with E-state index in [0.717, 1.165) is 45.7 Å². The van der Waals surface area contributed by atoms with E-state index >= 15 is 0 Å². The first-order valence-electron chi connectivity index (χ1n) is 16.1. The van der Waals surface area contributed by atoms with Gasteiger partial charge in [0.05, 0.1) is 58.9 Å². The molecule has 6 atom stereocenters. The number of hydrogen-bond donors (Lipinski definition) is 0. The second-order valence-electron chi connectivity index (χ2n) is 12.3. The van der Waals surface area contributed by atoms with Gasteiger partial charge in [-0.05, 0) is 27.2 Å². The van der Waals surface area contributed by atoms with Crippen LogP contribution in [0.25, 0.3) is 0 Å². The third-order valence-electron chi connectivity index (χ3n) is 8.43. The van der Waals surface area contributed by atoms with Gasteiger partial charge in [0.1, 0.15) is 13.2 Å². The van der Waals surface area contributed by atoms with Crippen molar-refractivity contribution in [2.24, 2.45) is 5.41 Å². The molecule has 0 N–H and O–H groups in total. The lowest BCUT2D eigenvalue weighted by Crippen LogP contribution is -2.38. The average Bonchev–Trinajstić information content (AvgIpc) is 3.94. The van der Waals surface area contributed by atoms with Crippen LogP contribution < -0.4 is 0 Å². The first-order valence-corrected chi connectivity index (χ1v) is 16.1. The first kappa shape index (κ1) is 35.6. The van der Waals surface area contributed by atoms with Crippen molar-refractivity contribution in [3.8, 4) is 0 Å². The molecule has 0 aromatic heterocycles. The molecule has 0 aliphatic carbocycles. The van der Waals surface area contributed by atoms with Gasteiger partial charge in [0.15, 0.2) is 0 Å². The summed E-state index contributed by atoms with van der Waals surface area (Å²) in [5, 5.41) is 0. The molecule has 3 fully saturated rings. The smallest absolute Gasteiger partial charge is 0.307 e. The largest absolute Gasteiger partial charge is 0.466 e. The lowest BCUT2D eigenvalue weighted by molar-refractivity contribution is -0.148. The quantitative estimate of drug-likeness (QED) is 0.0613. The fourth-order valence-corrected chi connectivity index (χ4v) is 4.81. The van der Waals surface area contributed by atoms with E-state index in [1.54, 1.807) is 0 Å². The van der Waals surface area contributed by atoms with Gasteiger partial charge in [-0.15, -0.1) is 0 Å². The minimum Gasteiger partial charge on any atom is -0.466 e. The van der Waals surface area contributed by atoms with Crippen LogP contribution in [0.15, 0.2) is 0 Å². The van der Waals surface area contributed by atoms with Gasteiger partial charge in [-0.1, -0.05) is 6.92 Å². The van der Waals surface area contributed by atoms with Crippen molar-refractivity contribution in [1.82, 2.24) is 14.7 Å². The SMILES string of the molecule is CCC(COCCCOC(=O)CCN1CC1C)(COCCOC(=O)CCN1CC1C)COCCOC(=O)CCN1CC1C. The third-order valence-corrected chi connectivity index (χ3v) is 8.43. The van der Waals surface area contributed by atoms with Gasteiger partial charge in [-0.3, -0.25) is 29.1 Å². The Morgan fingerprint density at radius 2 is 0.930 bits per heavy atom. The molecule has 3 aliphatic rings. The summed E-state index contributed by atoms with van der Waals surface area (Å²) in [6.07, 6.45) is 2.53. The molecule has 0 bridgehead atoms. The van der Waals surface area contributed by atoms with Crippen molar-refractivity contribution in [3.63, 3.8) is 0 Å². The molecule has 12 heteroatoms. The van der Waals surface area contributed by atoms with Gasteiger partial charge in [-0.2, -0.15) is 0 Å². The Bertz CT molecular complexity index is 818. The zero-order valence-electron chi connectivity index (χ0n) is 26.9. The molecule has 0 spiro atoms. The van der Waals surface area contributed by atoms with Crippen molar-refractivity contribution >= 4 is 17.9 Å². The van der Waals surface area contributed by atoms with E-state index in [9.17, 15) is 14.4 Å². The Balaban J connectivity index is 1.30. The van der Waals surface area contributed by atoms with Crippen LogP contribution in [0.2, 0.25) is 0 Å². The molecule has 3 aliphatic heterocycles. The molecular formula is C31H55N3O9. The summed E-state index contributed by atoms with van der Waals surface area (Å²) in [5.41, 5.74) is -0.426. The summed E-state index contributed by atoms with van der Waals surface area (Å²) in [5.74, 6) is -0.603. The first-order chi connectivity index (χ1) is 20.7. The third kappa shape index (κ3) is 15.1. The van der Waals surface area contributed by atoms with Gasteiger partial charge in [-0.25, -0.2) is 0 Å². The van der Waals surface area contributed by atoms with E-state index in [2.05, 4.69) is 42.4 Å². The maximum Gasteiger partial charge on any atom is 0.307 e. The fraction of sp³-hybridized carbons (Fsp3) is 0.903. The molecule has 3 heterocycles. The van der Waals surface area contributed by atoms with Gasteiger partial charge in [0.25, 0.3) is 0 Å². The molecule has 43 heavy (non-hydrogen) atoms. The van der Waals surface area contributed by atoms with Crippen LogP contribution in [0.4, 0.5) is 0 Å². The predicted molar refractivity (Wildman–Crippen MR) is 160 cm³/mol. The minimum absolute atomic E-state index is 0.176. The average molecular weight is 614 g/mol. The van der Waals surface area contributed by atoms with Gasteiger partial charge >= 0.3 is 17.9 Å². The van der Waals surface area contributed by atoms with E-state index in [1.165, 1.54) is 0 Å². The zero-order chi connectivity index (χ0) is 31.1. The Morgan fingerprint density at radius 3 is 1.28 bits per heavy atom. The number of nitrogens with zero attached hydrogens (tertiary/aromatic N) is 3. The highest BCUT2D eigenvalue weighted by atomic mass is 16.6. The Kier molecular flexibility index (Phi) is 15.6. The van der Waals surface area contributed by atoms with Gasteiger partial charge in [0, 0.05) is 75.8 Å². The number of esters is 3. The summed E-state index contributed by atoms with van der Waals surface area (Å²) in [7, 11) is 0. The Morgan fingerprint density at radius 1 is 0.581 bits per heavy atom. The number of carbonyl (C=O) groups excluding carboxylic acids is 3. The van der Waals surface area contributed by atoms with Crippen LogP contribution in [-0.4, -0.2) is 149 Å². The van der Waals surface area contributed by atoms with Crippen molar-refractivity contribution in [1.29, 1.82) is 0 Å². The minimum atomic E-state index is -0.426. The van der Waals surface area contributed by atoms with Crippen LogP contribution in [0.3, 0.4) is 0 Å². The van der Waals surface area contributed by atoms with Crippen molar-refractivity contribution in [3.05, 3.63) is 0 Å². The highest BCUT2D eigenvalue weighted by molar-refractivity contribution is 5.70. The highest BCUT2D eigenvalue weighted by Crippen LogP contribution is 2.24. The van der Waals surface area contributed by atoms with Crippen LogP contribution in [0.5, 0.6) is 0 Å². The predicted octanol–water partition coefficient (Wildman–Crippen LogP) is 1.73. The second-order valence-corrected chi connectivity index (χ2v) is 12.3. The topological polar surface area (TPSA) is 116 Å². The van der Waals surface area contributed by atoms with Gasteiger partial charge < -0.3 is 28.4 Å². The maximum atomic E-state index is 12.0. The summed E-state index contributed by atoms with van der Waals surface area (Å²) in [6, 6.07) is 1.72. The molecule has 3 saturated heterocycles.